The summed E-state index contributed by atoms with van der Waals surface area (Å²) in [5.41, 5.74) is 0.588. The van der Waals surface area contributed by atoms with E-state index in [2.05, 4.69) is 15.5 Å². The van der Waals surface area contributed by atoms with Gasteiger partial charge in [-0.3, -0.25) is 4.90 Å². The van der Waals surface area contributed by atoms with Crippen LogP contribution >= 0.6 is 0 Å². The van der Waals surface area contributed by atoms with Gasteiger partial charge in [0.15, 0.2) is 0 Å². The summed E-state index contributed by atoms with van der Waals surface area (Å²) in [6.45, 7) is 3.72. The summed E-state index contributed by atoms with van der Waals surface area (Å²) in [6, 6.07) is 6.79. The van der Waals surface area contributed by atoms with Gasteiger partial charge >= 0.3 is 6.03 Å². The van der Waals surface area contributed by atoms with E-state index in [0.717, 1.165) is 13.1 Å². The summed E-state index contributed by atoms with van der Waals surface area (Å²) < 4.78 is 10.4. The molecule has 2 amide bonds. The molecule has 122 valence electrons. The van der Waals surface area contributed by atoms with Crippen LogP contribution in [0.25, 0.3) is 0 Å². The second-order valence-corrected chi connectivity index (χ2v) is 5.10. The zero-order valence-corrected chi connectivity index (χ0v) is 12.7. The number of rotatable bonds is 6. The number of aliphatic hydroxyl groups is 1. The van der Waals surface area contributed by atoms with Crippen LogP contribution in [0.1, 0.15) is 0 Å². The summed E-state index contributed by atoms with van der Waals surface area (Å²) >= 11 is 0. The molecule has 7 nitrogen and oxygen atoms in total. The molecular weight excluding hydrogens is 286 g/mol. The number of carbonyl (C=O) groups excluding carboxylic acids is 1. The Morgan fingerprint density at radius 3 is 2.86 bits per heavy atom. The fraction of sp³-hybridized carbons (Fsp3) is 0.533. The van der Waals surface area contributed by atoms with Gasteiger partial charge in [-0.25, -0.2) is 4.79 Å². The molecule has 7 heteroatoms. The zero-order chi connectivity index (χ0) is 15.8. The molecular formula is C15H23N3O4. The first kappa shape index (κ1) is 16.5. The van der Waals surface area contributed by atoms with Gasteiger partial charge in [-0.1, -0.05) is 12.1 Å². The Morgan fingerprint density at radius 2 is 2.14 bits per heavy atom. The summed E-state index contributed by atoms with van der Waals surface area (Å²) in [4.78, 5) is 14.0. The van der Waals surface area contributed by atoms with Gasteiger partial charge in [-0.05, 0) is 12.1 Å². The van der Waals surface area contributed by atoms with Crippen molar-refractivity contribution in [3.8, 4) is 5.75 Å². The third-order valence-corrected chi connectivity index (χ3v) is 3.43. The number of nitrogens with one attached hydrogen (secondary N) is 2. The Balaban J connectivity index is 1.72. The topological polar surface area (TPSA) is 83.1 Å². The van der Waals surface area contributed by atoms with E-state index in [1.165, 1.54) is 0 Å². The molecule has 1 heterocycles. The largest absolute Gasteiger partial charge is 0.495 e. The molecule has 1 aliphatic rings. The van der Waals surface area contributed by atoms with Gasteiger partial charge in [0.2, 0.25) is 0 Å². The molecule has 0 bridgehead atoms. The van der Waals surface area contributed by atoms with Crippen molar-refractivity contribution in [1.29, 1.82) is 0 Å². The normalized spacial score (nSPS) is 16.8. The van der Waals surface area contributed by atoms with Gasteiger partial charge in [0.25, 0.3) is 0 Å². The first-order chi connectivity index (χ1) is 10.7. The molecule has 1 aromatic carbocycles. The van der Waals surface area contributed by atoms with E-state index in [-0.39, 0.29) is 12.6 Å². The fourth-order valence-electron chi connectivity index (χ4n) is 2.27. The smallest absolute Gasteiger partial charge is 0.319 e. The molecule has 2 rings (SSSR count). The second-order valence-electron chi connectivity index (χ2n) is 5.10. The molecule has 0 saturated carbocycles. The van der Waals surface area contributed by atoms with Crippen LogP contribution in [0.15, 0.2) is 24.3 Å². The van der Waals surface area contributed by atoms with E-state index >= 15 is 0 Å². The molecule has 0 aliphatic carbocycles. The lowest BCUT2D eigenvalue weighted by Gasteiger charge is -2.28. The highest BCUT2D eigenvalue weighted by molar-refractivity contribution is 5.90. The van der Waals surface area contributed by atoms with Crippen molar-refractivity contribution >= 4 is 11.7 Å². The third kappa shape index (κ3) is 5.18. The maximum Gasteiger partial charge on any atom is 0.319 e. The zero-order valence-electron chi connectivity index (χ0n) is 12.7. The van der Waals surface area contributed by atoms with Crippen LogP contribution in [0.4, 0.5) is 10.5 Å². The number of methoxy groups -OCH3 is 1. The minimum absolute atomic E-state index is 0.193. The van der Waals surface area contributed by atoms with Crippen LogP contribution in [-0.4, -0.2) is 68.6 Å². The Bertz CT molecular complexity index is 478. The minimum Gasteiger partial charge on any atom is -0.495 e. The number of benzene rings is 1. The number of aliphatic hydroxyl groups excluding tert-OH is 1. The Labute approximate surface area is 130 Å². The summed E-state index contributed by atoms with van der Waals surface area (Å²) in [7, 11) is 1.55. The van der Waals surface area contributed by atoms with E-state index < -0.39 is 6.10 Å². The predicted octanol–water partition coefficient (Wildman–Crippen LogP) is 0.510. The van der Waals surface area contributed by atoms with Crippen molar-refractivity contribution in [1.82, 2.24) is 10.2 Å². The molecule has 0 aromatic heterocycles. The van der Waals surface area contributed by atoms with Crippen LogP contribution < -0.4 is 15.4 Å². The average molecular weight is 309 g/mol. The summed E-state index contributed by atoms with van der Waals surface area (Å²) in [6.07, 6.45) is -0.610. The van der Waals surface area contributed by atoms with Gasteiger partial charge in [0.05, 0.1) is 32.1 Å². The van der Waals surface area contributed by atoms with Gasteiger partial charge in [0.1, 0.15) is 5.75 Å². The summed E-state index contributed by atoms with van der Waals surface area (Å²) in [5, 5.41) is 15.3. The molecule has 0 radical (unpaired) electrons. The van der Waals surface area contributed by atoms with Crippen LogP contribution in [0.3, 0.4) is 0 Å². The Morgan fingerprint density at radius 1 is 1.41 bits per heavy atom. The Hall–Kier alpha value is -1.83. The Kier molecular flexibility index (Phi) is 6.45. The standard InChI is InChI=1S/C15H23N3O4/c1-21-14-5-3-2-4-13(14)17-15(20)16-10-12(19)11-18-6-8-22-9-7-18/h2-5,12,19H,6-11H2,1H3,(H2,16,17,20). The van der Waals surface area contributed by atoms with E-state index in [4.69, 9.17) is 9.47 Å². The van der Waals surface area contributed by atoms with Crippen molar-refractivity contribution < 1.29 is 19.4 Å². The first-order valence-corrected chi connectivity index (χ1v) is 7.35. The molecule has 1 fully saturated rings. The van der Waals surface area contributed by atoms with Gasteiger partial charge in [-0.15, -0.1) is 0 Å². The number of amides is 2. The highest BCUT2D eigenvalue weighted by atomic mass is 16.5. The molecule has 0 spiro atoms. The van der Waals surface area contributed by atoms with Crippen molar-refractivity contribution in [2.75, 3.05) is 51.8 Å². The number of anilines is 1. The van der Waals surface area contributed by atoms with Gasteiger partial charge < -0.3 is 25.2 Å². The van der Waals surface area contributed by atoms with E-state index in [0.29, 0.717) is 31.2 Å². The minimum atomic E-state index is -0.610. The van der Waals surface area contributed by atoms with Crippen molar-refractivity contribution in [2.24, 2.45) is 0 Å². The molecule has 1 aromatic rings. The van der Waals surface area contributed by atoms with Crippen LogP contribution in [-0.2, 0) is 4.74 Å². The average Bonchev–Trinajstić information content (AvgIpc) is 2.54. The lowest BCUT2D eigenvalue weighted by molar-refractivity contribution is 0.0154. The van der Waals surface area contributed by atoms with Crippen molar-refractivity contribution in [3.05, 3.63) is 24.3 Å². The number of morpholine rings is 1. The van der Waals surface area contributed by atoms with E-state index in [1.54, 1.807) is 19.2 Å². The number of ether oxygens (including phenoxy) is 2. The number of carbonyl (C=O) groups is 1. The number of urea groups is 1. The molecule has 3 N–H and O–H groups in total. The first-order valence-electron chi connectivity index (χ1n) is 7.35. The fourth-order valence-corrected chi connectivity index (χ4v) is 2.27. The molecule has 1 aliphatic heterocycles. The molecule has 1 saturated heterocycles. The third-order valence-electron chi connectivity index (χ3n) is 3.43. The van der Waals surface area contributed by atoms with Crippen LogP contribution in [0.5, 0.6) is 5.75 Å². The predicted molar refractivity (Wildman–Crippen MR) is 83.3 cm³/mol. The number of nitrogens with zero attached hydrogens (tertiary/aromatic N) is 1. The molecule has 1 atom stereocenters. The molecule has 22 heavy (non-hydrogen) atoms. The lowest BCUT2D eigenvalue weighted by atomic mass is 10.3. The summed E-state index contributed by atoms with van der Waals surface area (Å²) in [5.74, 6) is 0.589. The quantitative estimate of drug-likeness (QED) is 0.713. The maximum atomic E-state index is 11.9. The van der Waals surface area contributed by atoms with Crippen molar-refractivity contribution in [3.63, 3.8) is 0 Å². The monoisotopic (exact) mass is 309 g/mol. The highest BCUT2D eigenvalue weighted by Crippen LogP contribution is 2.22. The highest BCUT2D eigenvalue weighted by Gasteiger charge is 2.15. The van der Waals surface area contributed by atoms with Crippen molar-refractivity contribution in [2.45, 2.75) is 6.10 Å². The van der Waals surface area contributed by atoms with Gasteiger partial charge in [0, 0.05) is 26.2 Å². The van der Waals surface area contributed by atoms with E-state index in [9.17, 15) is 9.90 Å². The molecule has 1 unspecified atom stereocenters. The lowest BCUT2D eigenvalue weighted by Crippen LogP contribution is -2.45. The maximum absolute atomic E-state index is 11.9. The number of β-amino-alcohol motifs (C(OH)–C–C–N with tert-alkyl or cyclic N) is 1. The number of hydrogen-bond acceptors (Lipinski definition) is 5. The van der Waals surface area contributed by atoms with E-state index in [1.807, 2.05) is 12.1 Å². The number of para-hydroxylation sites is 2. The van der Waals surface area contributed by atoms with Crippen LogP contribution in [0.2, 0.25) is 0 Å². The number of hydrogen-bond donors (Lipinski definition) is 3. The van der Waals surface area contributed by atoms with Gasteiger partial charge in [-0.2, -0.15) is 0 Å². The van der Waals surface area contributed by atoms with Crippen LogP contribution in [0, 0.1) is 0 Å². The SMILES string of the molecule is COc1ccccc1NC(=O)NCC(O)CN1CCOCC1. The second kappa shape index (κ2) is 8.57.